The van der Waals surface area contributed by atoms with Crippen molar-refractivity contribution < 1.29 is 23.1 Å². The van der Waals surface area contributed by atoms with E-state index < -0.39 is 12.1 Å². The van der Waals surface area contributed by atoms with E-state index in [4.69, 9.17) is 9.90 Å². The highest BCUT2D eigenvalue weighted by Crippen LogP contribution is 2.21. The maximum atomic E-state index is 10.6. The molecule has 3 aromatic heterocycles. The molecule has 4 rings (SSSR count). The van der Waals surface area contributed by atoms with Gasteiger partial charge in [0, 0.05) is 29.4 Å². The third-order valence-corrected chi connectivity index (χ3v) is 3.34. The van der Waals surface area contributed by atoms with Crippen molar-refractivity contribution in [1.82, 2.24) is 19.7 Å². The lowest BCUT2D eigenvalue weighted by atomic mass is 10.2. The number of pyridine rings is 1. The molecule has 0 spiro atoms. The molecular weight excluding hydrogens is 337 g/mol. The number of carboxylic acids is 1. The number of alkyl halides is 3. The maximum Gasteiger partial charge on any atom is 0.490 e. The van der Waals surface area contributed by atoms with Crippen LogP contribution in [0.5, 0.6) is 0 Å². The molecule has 0 saturated carbocycles. The number of nitrogens with one attached hydrogen (secondary N) is 1. The number of halogens is 3. The molecule has 128 valence electrons. The minimum atomic E-state index is -5.08. The van der Waals surface area contributed by atoms with Gasteiger partial charge < -0.3 is 10.1 Å². The van der Waals surface area contributed by atoms with Crippen molar-refractivity contribution in [2.24, 2.45) is 0 Å². The summed E-state index contributed by atoms with van der Waals surface area (Å²) >= 11 is 0. The Balaban J connectivity index is 0.000000225. The Morgan fingerprint density at radius 1 is 1.16 bits per heavy atom. The van der Waals surface area contributed by atoms with Crippen LogP contribution in [0.4, 0.5) is 13.2 Å². The van der Waals surface area contributed by atoms with E-state index >= 15 is 0 Å². The van der Waals surface area contributed by atoms with Crippen molar-refractivity contribution >= 4 is 27.9 Å². The Bertz CT molecular complexity index is 1000. The largest absolute Gasteiger partial charge is 0.490 e. The number of aromatic nitrogens is 4. The Hall–Kier alpha value is -3.36. The van der Waals surface area contributed by atoms with Crippen LogP contribution in [-0.4, -0.2) is 37.0 Å². The lowest BCUT2D eigenvalue weighted by Gasteiger charge is -2.01. The summed E-state index contributed by atoms with van der Waals surface area (Å²) in [6, 6.07) is 12.1. The fourth-order valence-electron chi connectivity index (χ4n) is 2.23. The number of fused-ring (bicyclic) bond motifs is 2. The second kappa shape index (κ2) is 6.27. The molecule has 0 unspecified atom stereocenters. The van der Waals surface area contributed by atoms with Crippen LogP contribution in [0.25, 0.3) is 27.6 Å². The molecule has 0 radical (unpaired) electrons. The van der Waals surface area contributed by atoms with Crippen LogP contribution in [0.15, 0.2) is 55.0 Å². The van der Waals surface area contributed by atoms with E-state index in [9.17, 15) is 13.2 Å². The Morgan fingerprint density at radius 3 is 2.56 bits per heavy atom. The molecule has 0 saturated heterocycles. The average Bonchev–Trinajstić information content (AvgIpc) is 3.20. The monoisotopic (exact) mass is 348 g/mol. The second-order valence-corrected chi connectivity index (χ2v) is 5.01. The number of aliphatic carboxylic acids is 1. The highest BCUT2D eigenvalue weighted by molar-refractivity contribution is 5.86. The maximum absolute atomic E-state index is 10.6. The van der Waals surface area contributed by atoms with Gasteiger partial charge in [0.05, 0.1) is 11.2 Å². The fraction of sp³-hybridized carbons (Fsp3) is 0.0625. The van der Waals surface area contributed by atoms with E-state index in [1.807, 2.05) is 47.4 Å². The molecule has 0 amide bonds. The standard InChI is InChI=1S/C14H10N4.C2HF3O2/c1-2-4-12-10(3-1)9-18(17-12)13-6-8-16-14-11(13)5-7-15-14;3-2(4,5)1(6)7/h1-9H,(H,15,16);(H,6,7). The first kappa shape index (κ1) is 16.5. The Labute approximate surface area is 138 Å². The molecule has 25 heavy (non-hydrogen) atoms. The van der Waals surface area contributed by atoms with Crippen molar-refractivity contribution in [2.75, 3.05) is 0 Å². The normalized spacial score (nSPS) is 11.3. The number of carbonyl (C=O) groups is 1. The summed E-state index contributed by atoms with van der Waals surface area (Å²) in [4.78, 5) is 16.3. The van der Waals surface area contributed by atoms with Crippen molar-refractivity contribution in [3.63, 3.8) is 0 Å². The summed E-state index contributed by atoms with van der Waals surface area (Å²) in [5, 5.41) is 13.9. The van der Waals surface area contributed by atoms with Gasteiger partial charge in [-0.2, -0.15) is 18.3 Å². The van der Waals surface area contributed by atoms with Gasteiger partial charge in [0.25, 0.3) is 0 Å². The highest BCUT2D eigenvalue weighted by Gasteiger charge is 2.38. The summed E-state index contributed by atoms with van der Waals surface area (Å²) in [7, 11) is 0. The minimum Gasteiger partial charge on any atom is -0.475 e. The fourth-order valence-corrected chi connectivity index (χ4v) is 2.23. The van der Waals surface area contributed by atoms with Gasteiger partial charge in [-0.1, -0.05) is 18.2 Å². The molecule has 9 heteroatoms. The predicted octanol–water partition coefficient (Wildman–Crippen LogP) is 3.54. The molecular formula is C16H11F3N4O2. The lowest BCUT2D eigenvalue weighted by Crippen LogP contribution is -2.21. The molecule has 0 bridgehead atoms. The zero-order valence-electron chi connectivity index (χ0n) is 12.5. The van der Waals surface area contributed by atoms with Crippen LogP contribution in [0, 0.1) is 0 Å². The smallest absolute Gasteiger partial charge is 0.475 e. The van der Waals surface area contributed by atoms with E-state index in [1.165, 1.54) is 0 Å². The first-order valence-corrected chi connectivity index (χ1v) is 7.03. The van der Waals surface area contributed by atoms with Crippen LogP contribution in [-0.2, 0) is 4.79 Å². The number of rotatable bonds is 1. The minimum absolute atomic E-state index is 0.882. The van der Waals surface area contributed by atoms with E-state index in [1.54, 1.807) is 6.20 Å². The number of carboxylic acid groups (broad SMARTS) is 1. The summed E-state index contributed by atoms with van der Waals surface area (Å²) in [6.07, 6.45) is 0.641. The zero-order valence-corrected chi connectivity index (χ0v) is 12.5. The number of nitrogens with zero attached hydrogens (tertiary/aromatic N) is 3. The van der Waals surface area contributed by atoms with Gasteiger partial charge >= 0.3 is 12.1 Å². The van der Waals surface area contributed by atoms with E-state index in [0.717, 1.165) is 27.6 Å². The molecule has 6 nitrogen and oxygen atoms in total. The van der Waals surface area contributed by atoms with Crippen molar-refractivity contribution in [3.8, 4) is 5.69 Å². The van der Waals surface area contributed by atoms with Gasteiger partial charge in [-0.25, -0.2) is 14.5 Å². The van der Waals surface area contributed by atoms with Crippen LogP contribution in [0.3, 0.4) is 0 Å². The zero-order chi connectivity index (χ0) is 18.0. The topological polar surface area (TPSA) is 83.8 Å². The number of benzene rings is 1. The van der Waals surface area contributed by atoms with Gasteiger partial charge in [-0.3, -0.25) is 0 Å². The van der Waals surface area contributed by atoms with Crippen molar-refractivity contribution in [2.45, 2.75) is 6.18 Å². The van der Waals surface area contributed by atoms with Crippen molar-refractivity contribution in [3.05, 3.63) is 55.0 Å². The van der Waals surface area contributed by atoms with E-state index in [2.05, 4.69) is 21.1 Å². The van der Waals surface area contributed by atoms with Gasteiger partial charge in [0.2, 0.25) is 0 Å². The molecule has 2 N–H and O–H groups in total. The van der Waals surface area contributed by atoms with Gasteiger partial charge in [0.1, 0.15) is 5.65 Å². The quantitative estimate of drug-likeness (QED) is 0.551. The Kier molecular flexibility index (Phi) is 4.14. The molecule has 0 aliphatic heterocycles. The molecule has 4 aromatic rings. The summed E-state index contributed by atoms with van der Waals surface area (Å²) in [5.74, 6) is -2.76. The second-order valence-electron chi connectivity index (χ2n) is 5.01. The van der Waals surface area contributed by atoms with Crippen LogP contribution >= 0.6 is 0 Å². The number of H-pyrrole nitrogens is 1. The third kappa shape index (κ3) is 3.44. The Morgan fingerprint density at radius 2 is 1.88 bits per heavy atom. The number of hydrogen-bond donors (Lipinski definition) is 2. The summed E-state index contributed by atoms with van der Waals surface area (Å²) < 4.78 is 33.6. The molecule has 0 aliphatic rings. The van der Waals surface area contributed by atoms with Crippen LogP contribution in [0.1, 0.15) is 0 Å². The van der Waals surface area contributed by atoms with Crippen LogP contribution in [0.2, 0.25) is 0 Å². The summed E-state index contributed by atoms with van der Waals surface area (Å²) in [6.45, 7) is 0. The molecule has 0 aliphatic carbocycles. The first-order valence-electron chi connectivity index (χ1n) is 7.03. The number of aromatic amines is 1. The van der Waals surface area contributed by atoms with Crippen molar-refractivity contribution in [1.29, 1.82) is 0 Å². The molecule has 3 heterocycles. The summed E-state index contributed by atoms with van der Waals surface area (Å²) in [5.41, 5.74) is 2.92. The van der Waals surface area contributed by atoms with Gasteiger partial charge in [0.15, 0.2) is 0 Å². The highest BCUT2D eigenvalue weighted by atomic mass is 19.4. The lowest BCUT2D eigenvalue weighted by molar-refractivity contribution is -0.192. The van der Waals surface area contributed by atoms with E-state index in [-0.39, 0.29) is 0 Å². The van der Waals surface area contributed by atoms with Gasteiger partial charge in [-0.15, -0.1) is 0 Å². The molecule has 0 atom stereocenters. The average molecular weight is 348 g/mol. The predicted molar refractivity (Wildman–Crippen MR) is 84.4 cm³/mol. The molecule has 0 fully saturated rings. The third-order valence-electron chi connectivity index (χ3n) is 3.34. The first-order chi connectivity index (χ1) is 11.9. The van der Waals surface area contributed by atoms with E-state index in [0.29, 0.717) is 0 Å². The molecule has 1 aromatic carbocycles. The number of hydrogen-bond acceptors (Lipinski definition) is 3. The SMILES string of the molecule is O=C(O)C(F)(F)F.c1ccc2nn(-c3ccnc4[nH]ccc34)cc2c1. The van der Waals surface area contributed by atoms with Crippen LogP contribution < -0.4 is 0 Å². The van der Waals surface area contributed by atoms with Gasteiger partial charge in [-0.05, 0) is 18.2 Å².